The molecular weight excluding hydrogens is 399 g/mol. The Kier molecular flexibility index (Phi) is 6.27. The number of Topliss-reactive ketones (excluding diaryl/α,β-unsaturated/α-hetero) is 1. The van der Waals surface area contributed by atoms with Crippen LogP contribution in [0, 0.1) is 5.82 Å². The molecule has 0 saturated carbocycles. The van der Waals surface area contributed by atoms with Crippen molar-refractivity contribution >= 4 is 29.0 Å². The molecule has 1 amide bonds. The maximum atomic E-state index is 14.4. The number of carbonyl (C=O) groups excluding carboxylic acids is 2. The fraction of sp³-hybridized carbons (Fsp3) is 0.333. The topological polar surface area (TPSA) is 59.1 Å². The molecule has 2 aromatic rings. The number of anilines is 1. The van der Waals surface area contributed by atoms with Crippen LogP contribution in [0.5, 0.6) is 11.5 Å². The quantitative estimate of drug-likeness (QED) is 0.691. The van der Waals surface area contributed by atoms with Crippen LogP contribution in [-0.4, -0.2) is 57.0 Å². The van der Waals surface area contributed by atoms with E-state index in [1.807, 2.05) is 4.90 Å². The third kappa shape index (κ3) is 4.29. The first-order valence-corrected chi connectivity index (χ1v) is 9.49. The third-order valence-electron chi connectivity index (χ3n) is 4.94. The summed E-state index contributed by atoms with van der Waals surface area (Å²) in [4.78, 5) is 27.8. The monoisotopic (exact) mass is 420 g/mol. The number of hydrogen-bond acceptors (Lipinski definition) is 5. The van der Waals surface area contributed by atoms with Crippen LogP contribution in [0.4, 0.5) is 10.1 Å². The molecule has 1 saturated heterocycles. The van der Waals surface area contributed by atoms with E-state index >= 15 is 0 Å². The lowest BCUT2D eigenvalue weighted by Gasteiger charge is -2.36. The van der Waals surface area contributed by atoms with Crippen molar-refractivity contribution in [2.45, 2.75) is 6.92 Å². The lowest BCUT2D eigenvalue weighted by atomic mass is 10.1. The van der Waals surface area contributed by atoms with Crippen molar-refractivity contribution < 1.29 is 23.5 Å². The van der Waals surface area contributed by atoms with Crippen molar-refractivity contribution in [2.24, 2.45) is 0 Å². The molecule has 1 aliphatic heterocycles. The molecule has 0 aliphatic carbocycles. The predicted molar refractivity (Wildman–Crippen MR) is 109 cm³/mol. The average Bonchev–Trinajstić information content (AvgIpc) is 2.72. The highest BCUT2D eigenvalue weighted by Gasteiger charge is 2.25. The fourth-order valence-electron chi connectivity index (χ4n) is 3.36. The highest BCUT2D eigenvalue weighted by atomic mass is 35.5. The van der Waals surface area contributed by atoms with Gasteiger partial charge in [-0.3, -0.25) is 9.59 Å². The van der Waals surface area contributed by atoms with Crippen LogP contribution in [0.15, 0.2) is 30.3 Å². The molecule has 0 unspecified atom stereocenters. The first-order chi connectivity index (χ1) is 13.8. The van der Waals surface area contributed by atoms with Crippen molar-refractivity contribution in [3.8, 4) is 11.5 Å². The highest BCUT2D eigenvalue weighted by Crippen LogP contribution is 2.36. The molecule has 0 spiro atoms. The van der Waals surface area contributed by atoms with E-state index < -0.39 is 5.82 Å². The van der Waals surface area contributed by atoms with Crippen molar-refractivity contribution in [3.63, 3.8) is 0 Å². The molecule has 0 atom stereocenters. The minimum Gasteiger partial charge on any atom is -0.493 e. The predicted octanol–water partition coefficient (Wildman–Crippen LogP) is 3.66. The Labute approximate surface area is 173 Å². The number of ketones is 1. The number of amides is 1. The molecule has 154 valence electrons. The van der Waals surface area contributed by atoms with Crippen LogP contribution in [0.1, 0.15) is 27.6 Å². The molecular formula is C21H22ClFN2O4. The number of benzene rings is 2. The smallest absolute Gasteiger partial charge is 0.254 e. The van der Waals surface area contributed by atoms with Gasteiger partial charge in [0.25, 0.3) is 5.91 Å². The van der Waals surface area contributed by atoms with Gasteiger partial charge in [0.15, 0.2) is 17.3 Å². The highest BCUT2D eigenvalue weighted by molar-refractivity contribution is 6.32. The second-order valence-corrected chi connectivity index (χ2v) is 7.10. The molecule has 2 aromatic carbocycles. The van der Waals surface area contributed by atoms with Crippen molar-refractivity contribution in [1.82, 2.24) is 4.90 Å². The zero-order chi connectivity index (χ0) is 21.1. The molecule has 1 heterocycles. The van der Waals surface area contributed by atoms with Crippen molar-refractivity contribution in [2.75, 3.05) is 45.3 Å². The van der Waals surface area contributed by atoms with Gasteiger partial charge in [0, 0.05) is 37.3 Å². The molecule has 1 aliphatic rings. The maximum Gasteiger partial charge on any atom is 0.254 e. The van der Waals surface area contributed by atoms with Gasteiger partial charge in [-0.2, -0.15) is 0 Å². The van der Waals surface area contributed by atoms with Crippen LogP contribution in [-0.2, 0) is 0 Å². The minimum atomic E-state index is -0.441. The van der Waals surface area contributed by atoms with Crippen molar-refractivity contribution in [1.29, 1.82) is 0 Å². The van der Waals surface area contributed by atoms with Crippen LogP contribution in [0.3, 0.4) is 0 Å². The summed E-state index contributed by atoms with van der Waals surface area (Å²) in [5, 5.41) is 0.293. The van der Waals surface area contributed by atoms with E-state index in [2.05, 4.69) is 0 Å². The number of nitrogens with zero attached hydrogens (tertiary/aromatic N) is 2. The second kappa shape index (κ2) is 8.69. The Morgan fingerprint density at radius 2 is 1.69 bits per heavy atom. The number of hydrogen-bond donors (Lipinski definition) is 0. The molecule has 8 heteroatoms. The summed E-state index contributed by atoms with van der Waals surface area (Å²) in [6.07, 6.45) is 0. The molecule has 29 heavy (non-hydrogen) atoms. The summed E-state index contributed by atoms with van der Waals surface area (Å²) >= 11 is 6.20. The lowest BCUT2D eigenvalue weighted by molar-refractivity contribution is 0.0746. The van der Waals surface area contributed by atoms with E-state index in [1.165, 1.54) is 27.2 Å². The Hall–Kier alpha value is -2.80. The number of piperazine rings is 1. The minimum absolute atomic E-state index is 0.181. The third-order valence-corrected chi connectivity index (χ3v) is 5.22. The van der Waals surface area contributed by atoms with Gasteiger partial charge in [-0.15, -0.1) is 0 Å². The fourth-order valence-corrected chi connectivity index (χ4v) is 3.64. The van der Waals surface area contributed by atoms with Crippen LogP contribution >= 0.6 is 11.6 Å². The molecule has 6 nitrogen and oxygen atoms in total. The van der Waals surface area contributed by atoms with Gasteiger partial charge in [0.05, 0.1) is 24.9 Å². The largest absolute Gasteiger partial charge is 0.493 e. The summed E-state index contributed by atoms with van der Waals surface area (Å²) in [6.45, 7) is 3.21. The summed E-state index contributed by atoms with van der Waals surface area (Å²) < 4.78 is 24.9. The van der Waals surface area contributed by atoms with Crippen LogP contribution in [0.2, 0.25) is 5.02 Å². The van der Waals surface area contributed by atoms with Gasteiger partial charge in [-0.05, 0) is 37.3 Å². The standard InChI is InChI=1S/C21H22ClFN2O4/c1-13(26)14-4-5-18(17(23)11-14)24-6-8-25(9-7-24)21(27)15-10-16(22)20(29-3)19(12-15)28-2/h4-5,10-12H,6-9H2,1-3H3. The van der Waals surface area contributed by atoms with E-state index in [-0.39, 0.29) is 11.7 Å². The van der Waals surface area contributed by atoms with Crippen LogP contribution in [0.25, 0.3) is 0 Å². The summed E-state index contributed by atoms with van der Waals surface area (Å²) in [7, 11) is 2.96. The van der Waals surface area contributed by atoms with E-state index in [1.54, 1.807) is 29.2 Å². The number of halogens is 2. The number of carbonyl (C=O) groups is 2. The Morgan fingerprint density at radius 3 is 2.24 bits per heavy atom. The first kappa shape index (κ1) is 20.9. The Balaban J connectivity index is 1.72. The van der Waals surface area contributed by atoms with Crippen molar-refractivity contribution in [3.05, 3.63) is 52.3 Å². The van der Waals surface area contributed by atoms with Gasteiger partial charge < -0.3 is 19.3 Å². The normalized spacial score (nSPS) is 14.0. The SMILES string of the molecule is COc1cc(C(=O)N2CCN(c3ccc(C(C)=O)cc3F)CC2)cc(Cl)c1OC. The van der Waals surface area contributed by atoms with Gasteiger partial charge >= 0.3 is 0 Å². The summed E-state index contributed by atoms with van der Waals surface area (Å²) in [6, 6.07) is 7.62. The lowest BCUT2D eigenvalue weighted by Crippen LogP contribution is -2.49. The Morgan fingerprint density at radius 1 is 1.00 bits per heavy atom. The number of methoxy groups -OCH3 is 2. The molecule has 0 aromatic heterocycles. The van der Waals surface area contributed by atoms with Gasteiger partial charge in [0.1, 0.15) is 5.82 Å². The van der Waals surface area contributed by atoms with Gasteiger partial charge in [0.2, 0.25) is 0 Å². The van der Waals surface area contributed by atoms with E-state index in [0.29, 0.717) is 59.5 Å². The van der Waals surface area contributed by atoms with Crippen LogP contribution < -0.4 is 14.4 Å². The molecule has 0 radical (unpaired) electrons. The van der Waals surface area contributed by atoms with E-state index in [4.69, 9.17) is 21.1 Å². The molecule has 0 bridgehead atoms. The summed E-state index contributed by atoms with van der Waals surface area (Å²) in [5.41, 5.74) is 1.17. The first-order valence-electron chi connectivity index (χ1n) is 9.12. The number of ether oxygens (including phenoxy) is 2. The van der Waals surface area contributed by atoms with E-state index in [0.717, 1.165) is 0 Å². The molecule has 0 N–H and O–H groups in total. The van der Waals surface area contributed by atoms with E-state index in [9.17, 15) is 14.0 Å². The zero-order valence-electron chi connectivity index (χ0n) is 16.5. The molecule has 3 rings (SSSR count). The maximum absolute atomic E-state index is 14.4. The second-order valence-electron chi connectivity index (χ2n) is 6.70. The van der Waals surface area contributed by atoms with Gasteiger partial charge in [-0.25, -0.2) is 4.39 Å². The summed E-state index contributed by atoms with van der Waals surface area (Å²) in [5.74, 6) is -0.0434. The Bertz CT molecular complexity index is 943. The molecule has 1 fully saturated rings. The number of rotatable bonds is 5. The zero-order valence-corrected chi connectivity index (χ0v) is 17.3. The van der Waals surface area contributed by atoms with Gasteiger partial charge in [-0.1, -0.05) is 11.6 Å². The average molecular weight is 421 g/mol.